The molecule has 37 heavy (non-hydrogen) atoms. The SMILES string of the molecule is Cc1cc(C(C)(C)C)cc(C)c1C(=O)Pc1c(OCC(C)C)cc(OCC(C)C)cc1OCC(C)C.[Li+]. The first-order valence-corrected chi connectivity index (χ1v) is 14.2. The van der Waals surface area contributed by atoms with E-state index in [2.05, 4.69) is 74.4 Å². The molecule has 4 nitrogen and oxygen atoms in total. The Bertz CT molecular complexity index is 982. The molecule has 2 aromatic carbocycles. The van der Waals surface area contributed by atoms with Crippen LogP contribution in [0.3, 0.4) is 0 Å². The van der Waals surface area contributed by atoms with Gasteiger partial charge in [0, 0.05) is 17.7 Å². The van der Waals surface area contributed by atoms with Crippen LogP contribution in [0.25, 0.3) is 0 Å². The van der Waals surface area contributed by atoms with Gasteiger partial charge >= 0.3 is 18.9 Å². The van der Waals surface area contributed by atoms with Gasteiger partial charge in [-0.2, -0.15) is 0 Å². The quantitative estimate of drug-likeness (QED) is 0.296. The summed E-state index contributed by atoms with van der Waals surface area (Å²) in [5.74, 6) is 3.17. The molecule has 0 saturated heterocycles. The second-order valence-electron chi connectivity index (χ2n) is 12.1. The number of hydrogen-bond acceptors (Lipinski definition) is 4. The fraction of sp³-hybridized carbons (Fsp3) is 0.581. The molecule has 200 valence electrons. The van der Waals surface area contributed by atoms with Crippen molar-refractivity contribution in [1.82, 2.24) is 0 Å². The van der Waals surface area contributed by atoms with Gasteiger partial charge in [0.15, 0.2) is 5.52 Å². The van der Waals surface area contributed by atoms with Gasteiger partial charge in [-0.25, -0.2) is 0 Å². The number of carbonyl (C=O) groups excluding carboxylic acids is 1. The van der Waals surface area contributed by atoms with E-state index in [4.69, 9.17) is 14.2 Å². The zero-order valence-electron chi connectivity index (χ0n) is 25.3. The van der Waals surface area contributed by atoms with E-state index in [-0.39, 0.29) is 38.4 Å². The van der Waals surface area contributed by atoms with Crippen molar-refractivity contribution in [1.29, 1.82) is 0 Å². The summed E-state index contributed by atoms with van der Waals surface area (Å²) in [6.45, 7) is 25.1. The first-order chi connectivity index (χ1) is 16.7. The summed E-state index contributed by atoms with van der Waals surface area (Å²) in [5.41, 5.74) is 4.20. The molecule has 1 atom stereocenters. The molecular formula is C31H47LiO4P+. The second-order valence-corrected chi connectivity index (χ2v) is 13.3. The standard InChI is InChI=1S/C31H47O4P.Li/c1-19(2)16-33-25-14-26(34-17-20(3)4)29(27(15-25)35-18-21(5)6)36-30(32)28-22(7)12-24(13-23(28)8)31(9,10)11;/h12-15,19-21,36H,16-18H2,1-11H3;/q;+1. The van der Waals surface area contributed by atoms with Crippen LogP contribution in [0.4, 0.5) is 0 Å². The van der Waals surface area contributed by atoms with Crippen molar-refractivity contribution in [3.05, 3.63) is 46.5 Å². The summed E-state index contributed by atoms with van der Waals surface area (Å²) in [6.07, 6.45) is 0. The molecule has 2 aromatic rings. The van der Waals surface area contributed by atoms with Crippen LogP contribution in [0.15, 0.2) is 24.3 Å². The molecule has 6 heteroatoms. The maximum atomic E-state index is 13.8. The molecule has 0 saturated carbocycles. The van der Waals surface area contributed by atoms with Crippen LogP contribution in [-0.2, 0) is 5.41 Å². The Hall–Kier alpha value is -1.46. The molecule has 0 aliphatic carbocycles. The number of aryl methyl sites for hydroxylation is 2. The monoisotopic (exact) mass is 521 g/mol. The summed E-state index contributed by atoms with van der Waals surface area (Å²) in [7, 11) is -0.114. The third-order valence-corrected chi connectivity index (χ3v) is 6.85. The molecular weight excluding hydrogens is 474 g/mol. The van der Waals surface area contributed by atoms with Gasteiger partial charge in [-0.1, -0.05) is 74.4 Å². The fourth-order valence-electron chi connectivity index (χ4n) is 3.71. The van der Waals surface area contributed by atoms with E-state index in [1.807, 2.05) is 26.0 Å². The molecule has 0 heterocycles. The minimum absolute atomic E-state index is 0. The molecule has 0 radical (unpaired) electrons. The number of rotatable bonds is 12. The van der Waals surface area contributed by atoms with Gasteiger partial charge in [-0.05, 0) is 62.3 Å². The maximum absolute atomic E-state index is 13.8. The Morgan fingerprint density at radius 1 is 0.757 bits per heavy atom. The van der Waals surface area contributed by atoms with Crippen LogP contribution >= 0.6 is 8.58 Å². The largest absolute Gasteiger partial charge is 1.00 e. The zero-order chi connectivity index (χ0) is 27.2. The topological polar surface area (TPSA) is 44.8 Å². The minimum Gasteiger partial charge on any atom is -0.493 e. The average Bonchev–Trinajstić information content (AvgIpc) is 2.74. The van der Waals surface area contributed by atoms with Gasteiger partial charge in [-0.3, -0.25) is 4.79 Å². The van der Waals surface area contributed by atoms with Gasteiger partial charge in [0.05, 0.1) is 25.1 Å². The number of hydrogen-bond donors (Lipinski definition) is 0. The Morgan fingerprint density at radius 2 is 1.16 bits per heavy atom. The number of carbonyl (C=O) groups is 1. The van der Waals surface area contributed by atoms with Crippen molar-refractivity contribution in [2.24, 2.45) is 17.8 Å². The fourth-order valence-corrected chi connectivity index (χ4v) is 4.99. The minimum atomic E-state index is -0.114. The van der Waals surface area contributed by atoms with Crippen LogP contribution in [0.2, 0.25) is 0 Å². The normalized spacial score (nSPS) is 11.9. The van der Waals surface area contributed by atoms with Crippen molar-refractivity contribution in [3.8, 4) is 17.2 Å². The zero-order valence-corrected chi connectivity index (χ0v) is 26.3. The Kier molecular flexibility index (Phi) is 13.3. The third kappa shape index (κ3) is 10.3. The van der Waals surface area contributed by atoms with Crippen molar-refractivity contribution in [3.63, 3.8) is 0 Å². The smallest absolute Gasteiger partial charge is 0.493 e. The van der Waals surface area contributed by atoms with Crippen LogP contribution in [0, 0.1) is 31.6 Å². The van der Waals surface area contributed by atoms with Crippen molar-refractivity contribution >= 4 is 19.4 Å². The van der Waals surface area contributed by atoms with E-state index in [9.17, 15) is 4.79 Å². The van der Waals surface area contributed by atoms with Crippen LogP contribution in [0.5, 0.6) is 17.2 Å². The van der Waals surface area contributed by atoms with Crippen LogP contribution in [-0.4, -0.2) is 25.3 Å². The average molecular weight is 522 g/mol. The summed E-state index contributed by atoms with van der Waals surface area (Å²) >= 11 is 0. The van der Waals surface area contributed by atoms with Crippen molar-refractivity contribution in [2.75, 3.05) is 19.8 Å². The molecule has 0 aliphatic rings. The van der Waals surface area contributed by atoms with Crippen molar-refractivity contribution < 1.29 is 37.9 Å². The molecule has 1 unspecified atom stereocenters. The Morgan fingerprint density at radius 3 is 1.54 bits per heavy atom. The van der Waals surface area contributed by atoms with E-state index in [1.54, 1.807) is 0 Å². The van der Waals surface area contributed by atoms with Gasteiger partial charge in [0.25, 0.3) is 0 Å². The molecule has 0 spiro atoms. The molecule has 0 aromatic heterocycles. The first-order valence-electron chi connectivity index (χ1n) is 13.2. The van der Waals surface area contributed by atoms with Gasteiger partial charge in [0.1, 0.15) is 17.2 Å². The summed E-state index contributed by atoms with van der Waals surface area (Å²) in [6, 6.07) is 8.15. The van der Waals surface area contributed by atoms with Crippen LogP contribution < -0.4 is 38.4 Å². The Balaban J connectivity index is 0.00000684. The van der Waals surface area contributed by atoms with E-state index in [0.29, 0.717) is 54.8 Å². The summed E-state index contributed by atoms with van der Waals surface area (Å²) in [5, 5.41) is 0.817. The molecule has 0 amide bonds. The summed E-state index contributed by atoms with van der Waals surface area (Å²) < 4.78 is 18.5. The number of ether oxygens (including phenoxy) is 3. The van der Waals surface area contributed by atoms with E-state index in [0.717, 1.165) is 22.0 Å². The maximum Gasteiger partial charge on any atom is 1.00 e. The van der Waals surface area contributed by atoms with E-state index >= 15 is 0 Å². The van der Waals surface area contributed by atoms with Gasteiger partial charge in [0.2, 0.25) is 0 Å². The molecule has 0 fully saturated rings. The predicted octanol–water partition coefficient (Wildman–Crippen LogP) is 4.85. The number of benzene rings is 2. The third-order valence-electron chi connectivity index (χ3n) is 5.63. The second kappa shape index (κ2) is 14.6. The molecule has 0 bridgehead atoms. The molecule has 0 N–H and O–H groups in total. The van der Waals surface area contributed by atoms with E-state index in [1.165, 1.54) is 5.56 Å². The predicted molar refractivity (Wildman–Crippen MR) is 154 cm³/mol. The van der Waals surface area contributed by atoms with Gasteiger partial charge < -0.3 is 14.2 Å². The summed E-state index contributed by atoms with van der Waals surface area (Å²) in [4.78, 5) is 13.8. The van der Waals surface area contributed by atoms with Crippen molar-refractivity contribution in [2.45, 2.75) is 81.6 Å². The van der Waals surface area contributed by atoms with Crippen LogP contribution in [0.1, 0.15) is 89.4 Å². The Labute approximate surface area is 239 Å². The molecule has 2 rings (SSSR count). The van der Waals surface area contributed by atoms with Gasteiger partial charge in [-0.15, -0.1) is 0 Å². The first kappa shape index (κ1) is 33.6. The molecule has 0 aliphatic heterocycles. The van der Waals surface area contributed by atoms with E-state index < -0.39 is 0 Å².